The third-order valence-electron chi connectivity index (χ3n) is 3.98. The number of aryl methyl sites for hydroxylation is 1. The number of nitrogens with two attached hydrogens (primary N) is 1. The van der Waals surface area contributed by atoms with Crippen LogP contribution in [-0.2, 0) is 17.8 Å². The van der Waals surface area contributed by atoms with E-state index in [-0.39, 0.29) is 12.3 Å². The number of hydrogen-bond acceptors (Lipinski definition) is 4. The summed E-state index contributed by atoms with van der Waals surface area (Å²) in [6, 6.07) is 16.3. The molecule has 2 rings (SSSR count). The molecule has 0 amide bonds. The van der Waals surface area contributed by atoms with Crippen LogP contribution in [0.15, 0.2) is 48.5 Å². The van der Waals surface area contributed by atoms with Crippen molar-refractivity contribution in [3.8, 4) is 11.1 Å². The molecule has 0 saturated carbocycles. The van der Waals surface area contributed by atoms with Crippen molar-refractivity contribution in [1.82, 2.24) is 5.32 Å². The van der Waals surface area contributed by atoms with Crippen LogP contribution in [0.5, 0.6) is 0 Å². The first kappa shape index (κ1) is 17.3. The Labute approximate surface area is 137 Å². The number of carbonyl (C=O) groups excluding carboxylic acids is 1. The first-order valence-electron chi connectivity index (χ1n) is 7.93. The summed E-state index contributed by atoms with van der Waals surface area (Å²) < 4.78 is 0. The SMILES string of the molecule is CCc1ccc(-c2ccc(CN[C@@H](CN)C(=O)CO)cc2)cc1. The highest BCUT2D eigenvalue weighted by atomic mass is 16.3. The largest absolute Gasteiger partial charge is 0.389 e. The smallest absolute Gasteiger partial charge is 0.176 e. The van der Waals surface area contributed by atoms with Crippen LogP contribution in [0.1, 0.15) is 18.1 Å². The van der Waals surface area contributed by atoms with Crippen molar-refractivity contribution in [1.29, 1.82) is 0 Å². The molecule has 4 nitrogen and oxygen atoms in total. The summed E-state index contributed by atoms with van der Waals surface area (Å²) in [5, 5.41) is 12.0. The predicted octanol–water partition coefficient (Wildman–Crippen LogP) is 1.89. The van der Waals surface area contributed by atoms with Gasteiger partial charge in [-0.2, -0.15) is 0 Å². The summed E-state index contributed by atoms with van der Waals surface area (Å²) in [5.74, 6) is -0.278. The lowest BCUT2D eigenvalue weighted by Gasteiger charge is -2.14. The summed E-state index contributed by atoms with van der Waals surface area (Å²) in [6.07, 6.45) is 1.04. The molecule has 1 atom stereocenters. The molecule has 4 N–H and O–H groups in total. The highest BCUT2D eigenvalue weighted by molar-refractivity contribution is 5.85. The maximum atomic E-state index is 11.5. The topological polar surface area (TPSA) is 75.3 Å². The molecule has 2 aromatic rings. The maximum Gasteiger partial charge on any atom is 0.176 e. The van der Waals surface area contributed by atoms with E-state index in [0.29, 0.717) is 6.54 Å². The van der Waals surface area contributed by atoms with E-state index in [9.17, 15) is 4.79 Å². The van der Waals surface area contributed by atoms with Gasteiger partial charge in [0.2, 0.25) is 0 Å². The Hall–Kier alpha value is -2.01. The van der Waals surface area contributed by atoms with E-state index in [2.05, 4.69) is 48.6 Å². The van der Waals surface area contributed by atoms with Gasteiger partial charge in [0.05, 0.1) is 6.04 Å². The average molecular weight is 312 g/mol. The quantitative estimate of drug-likeness (QED) is 0.696. The molecule has 0 heterocycles. The summed E-state index contributed by atoms with van der Waals surface area (Å²) in [4.78, 5) is 11.5. The molecule has 0 spiro atoms. The normalized spacial score (nSPS) is 12.1. The van der Waals surface area contributed by atoms with Crippen molar-refractivity contribution in [2.24, 2.45) is 5.73 Å². The third-order valence-corrected chi connectivity index (χ3v) is 3.98. The molecule has 4 heteroatoms. The van der Waals surface area contributed by atoms with Crippen LogP contribution in [0, 0.1) is 0 Å². The zero-order valence-electron chi connectivity index (χ0n) is 13.5. The van der Waals surface area contributed by atoms with Crippen LogP contribution in [0.3, 0.4) is 0 Å². The van der Waals surface area contributed by atoms with Gasteiger partial charge in [-0.1, -0.05) is 55.5 Å². The molecule has 0 fully saturated rings. The van der Waals surface area contributed by atoms with Gasteiger partial charge in [0.25, 0.3) is 0 Å². The average Bonchev–Trinajstić information content (AvgIpc) is 2.62. The minimum Gasteiger partial charge on any atom is -0.389 e. The zero-order valence-corrected chi connectivity index (χ0v) is 13.5. The number of Topliss-reactive ketones (excluding diaryl/α,β-unsaturated/α-hetero) is 1. The standard InChI is InChI=1S/C19H24N2O2/c1-2-14-3-7-16(8-4-14)17-9-5-15(6-10-17)12-21-18(11-20)19(23)13-22/h3-10,18,21-22H,2,11-13,20H2,1H3/t18-/m0/s1. The second kappa shape index (κ2) is 8.58. The van der Waals surface area contributed by atoms with Gasteiger partial charge >= 0.3 is 0 Å². The first-order valence-corrected chi connectivity index (χ1v) is 7.93. The van der Waals surface area contributed by atoms with Crippen molar-refractivity contribution < 1.29 is 9.90 Å². The van der Waals surface area contributed by atoms with Crippen LogP contribution in [0.25, 0.3) is 11.1 Å². The van der Waals surface area contributed by atoms with Gasteiger partial charge in [-0.3, -0.25) is 4.79 Å². The summed E-state index contributed by atoms with van der Waals surface area (Å²) in [6.45, 7) is 2.39. The van der Waals surface area contributed by atoms with Gasteiger partial charge in [-0.05, 0) is 28.7 Å². The second-order valence-electron chi connectivity index (χ2n) is 5.54. The Bertz CT molecular complexity index is 621. The fourth-order valence-electron chi connectivity index (χ4n) is 2.43. The van der Waals surface area contributed by atoms with E-state index in [1.807, 2.05) is 12.1 Å². The molecule has 0 aliphatic heterocycles. The van der Waals surface area contributed by atoms with Crippen molar-refractivity contribution in [3.05, 3.63) is 59.7 Å². The molecule has 0 aromatic heterocycles. The van der Waals surface area contributed by atoms with Crippen molar-refractivity contribution in [3.63, 3.8) is 0 Å². The highest BCUT2D eigenvalue weighted by Crippen LogP contribution is 2.20. The van der Waals surface area contributed by atoms with Gasteiger partial charge < -0.3 is 16.2 Å². The molecule has 122 valence electrons. The van der Waals surface area contributed by atoms with Crippen LogP contribution < -0.4 is 11.1 Å². The van der Waals surface area contributed by atoms with Crippen molar-refractivity contribution in [2.75, 3.05) is 13.2 Å². The molecule has 0 aliphatic rings. The van der Waals surface area contributed by atoms with E-state index >= 15 is 0 Å². The lowest BCUT2D eigenvalue weighted by molar-refractivity contribution is -0.123. The Morgan fingerprint density at radius 1 is 1.04 bits per heavy atom. The van der Waals surface area contributed by atoms with E-state index in [0.717, 1.165) is 12.0 Å². The number of nitrogens with one attached hydrogen (secondary N) is 1. The Balaban J connectivity index is 2.00. The van der Waals surface area contributed by atoms with Gasteiger partial charge in [-0.25, -0.2) is 0 Å². The van der Waals surface area contributed by atoms with E-state index < -0.39 is 12.6 Å². The van der Waals surface area contributed by atoms with Crippen LogP contribution in [0.4, 0.5) is 0 Å². The summed E-state index contributed by atoms with van der Waals surface area (Å²) in [5.41, 5.74) is 10.3. The minimum absolute atomic E-state index is 0.182. The fraction of sp³-hybridized carbons (Fsp3) is 0.316. The number of carbonyl (C=O) groups is 1. The summed E-state index contributed by atoms with van der Waals surface area (Å²) >= 11 is 0. The van der Waals surface area contributed by atoms with E-state index in [4.69, 9.17) is 10.8 Å². The molecule has 0 bridgehead atoms. The van der Waals surface area contributed by atoms with Gasteiger partial charge in [0.15, 0.2) is 5.78 Å². The Kier molecular flexibility index (Phi) is 6.47. The molecule has 0 aliphatic carbocycles. The third kappa shape index (κ3) is 4.73. The maximum absolute atomic E-state index is 11.5. The number of aliphatic hydroxyl groups is 1. The molecular formula is C19H24N2O2. The lowest BCUT2D eigenvalue weighted by Crippen LogP contribution is -2.43. The van der Waals surface area contributed by atoms with Crippen molar-refractivity contribution >= 4 is 5.78 Å². The minimum atomic E-state index is -0.499. The second-order valence-corrected chi connectivity index (χ2v) is 5.54. The molecular weight excluding hydrogens is 288 g/mol. The number of aliphatic hydroxyl groups excluding tert-OH is 1. The fourth-order valence-corrected chi connectivity index (χ4v) is 2.43. The molecule has 0 unspecified atom stereocenters. The first-order chi connectivity index (χ1) is 11.2. The lowest BCUT2D eigenvalue weighted by atomic mass is 10.0. The Morgan fingerprint density at radius 2 is 1.57 bits per heavy atom. The van der Waals surface area contributed by atoms with E-state index in [1.165, 1.54) is 16.7 Å². The van der Waals surface area contributed by atoms with E-state index in [1.54, 1.807) is 0 Å². The van der Waals surface area contributed by atoms with Crippen LogP contribution >= 0.6 is 0 Å². The Morgan fingerprint density at radius 3 is 2.00 bits per heavy atom. The number of rotatable bonds is 8. The van der Waals surface area contributed by atoms with Crippen molar-refractivity contribution in [2.45, 2.75) is 25.9 Å². The predicted molar refractivity (Wildman–Crippen MR) is 93.0 cm³/mol. The van der Waals surface area contributed by atoms with Gasteiger partial charge in [0.1, 0.15) is 6.61 Å². The molecule has 23 heavy (non-hydrogen) atoms. The van der Waals surface area contributed by atoms with Gasteiger partial charge in [0, 0.05) is 13.1 Å². The number of hydrogen-bond donors (Lipinski definition) is 3. The number of benzene rings is 2. The van der Waals surface area contributed by atoms with Gasteiger partial charge in [-0.15, -0.1) is 0 Å². The zero-order chi connectivity index (χ0) is 16.7. The number of ketones is 1. The van der Waals surface area contributed by atoms with Crippen LogP contribution in [0.2, 0.25) is 0 Å². The summed E-state index contributed by atoms with van der Waals surface area (Å²) in [7, 11) is 0. The molecule has 2 aromatic carbocycles. The molecule has 0 saturated heterocycles. The molecule has 0 radical (unpaired) electrons. The van der Waals surface area contributed by atoms with Crippen LogP contribution in [-0.4, -0.2) is 30.1 Å². The highest BCUT2D eigenvalue weighted by Gasteiger charge is 2.14. The monoisotopic (exact) mass is 312 g/mol.